The summed E-state index contributed by atoms with van der Waals surface area (Å²) in [6.07, 6.45) is 43.4. The van der Waals surface area contributed by atoms with Gasteiger partial charge in [-0.2, -0.15) is 0 Å². The largest absolute Gasteiger partial charge is 0.472 e. The maximum absolute atomic E-state index is 12.7. The molecule has 5 atom stereocenters. The van der Waals surface area contributed by atoms with Gasteiger partial charge in [-0.1, -0.05) is 125 Å². The van der Waals surface area contributed by atoms with E-state index in [0.717, 1.165) is 70.6 Å². The molecule has 1 rings (SSSR count). The Morgan fingerprint density at radius 2 is 1.00 bits per heavy atom. The predicted octanol–water partition coefficient (Wildman–Crippen LogP) is 10.8. The van der Waals surface area contributed by atoms with Gasteiger partial charge in [0.2, 0.25) is 0 Å². The van der Waals surface area contributed by atoms with Gasteiger partial charge in [0.25, 0.3) is 0 Å². The fourth-order valence-electron chi connectivity index (χ4n) is 5.86. The number of allylic oxidation sites excluding steroid dienone is 10. The average molecular weight is 917 g/mol. The lowest BCUT2D eigenvalue weighted by atomic mass is 10.1. The van der Waals surface area contributed by atoms with Crippen LogP contribution in [0.2, 0.25) is 0 Å². The second-order valence-electron chi connectivity index (χ2n) is 15.4. The van der Waals surface area contributed by atoms with E-state index in [2.05, 4.69) is 83.7 Å². The van der Waals surface area contributed by atoms with E-state index in [1.807, 2.05) is 12.2 Å². The normalized spacial score (nSPS) is 17.9. The Hall–Kier alpha value is -2.48. The molecule has 0 saturated carbocycles. The molecule has 62 heavy (non-hydrogen) atoms. The van der Waals surface area contributed by atoms with Gasteiger partial charge in [-0.25, -0.2) is 9.13 Å². The number of carbonyl (C=O) groups excluding carboxylic acids is 2. The molecule has 1 heterocycles. The van der Waals surface area contributed by atoms with Crippen molar-refractivity contribution < 1.29 is 66.3 Å². The molecule has 0 aromatic rings. The van der Waals surface area contributed by atoms with Gasteiger partial charge in [-0.05, 0) is 89.9 Å². The van der Waals surface area contributed by atoms with Crippen molar-refractivity contribution in [2.24, 2.45) is 0 Å². The molecule has 0 aromatic heterocycles. The lowest BCUT2D eigenvalue weighted by Crippen LogP contribution is -2.29. The number of hydrogen-bond acceptors (Lipinski definition) is 11. The van der Waals surface area contributed by atoms with Crippen LogP contribution in [-0.4, -0.2) is 82.6 Å². The van der Waals surface area contributed by atoms with Gasteiger partial charge in [0.15, 0.2) is 6.10 Å². The summed E-state index contributed by atoms with van der Waals surface area (Å²) in [7, 11) is -9.72. The third-order valence-corrected chi connectivity index (χ3v) is 10.9. The Bertz CT molecular complexity index is 1440. The number of aliphatic hydroxyl groups is 1. The fourth-order valence-corrected chi connectivity index (χ4v) is 7.01. The highest BCUT2D eigenvalue weighted by atomic mass is 31.2. The molecular weight excluding hydrogens is 838 g/mol. The Labute approximate surface area is 371 Å². The summed E-state index contributed by atoms with van der Waals surface area (Å²) in [6, 6.07) is 0. The highest BCUT2D eigenvalue weighted by Crippen LogP contribution is 2.44. The van der Waals surface area contributed by atoms with E-state index < -0.39 is 66.2 Å². The zero-order valence-corrected chi connectivity index (χ0v) is 39.2. The van der Waals surface area contributed by atoms with E-state index in [-0.39, 0.29) is 25.0 Å². The lowest BCUT2D eigenvalue weighted by Gasteiger charge is -2.20. The molecule has 4 N–H and O–H groups in total. The van der Waals surface area contributed by atoms with Gasteiger partial charge in [-0.15, -0.1) is 0 Å². The first kappa shape index (κ1) is 57.5. The van der Waals surface area contributed by atoms with Crippen molar-refractivity contribution in [1.82, 2.24) is 0 Å². The number of unbranched alkanes of at least 4 members (excludes halogenated alkanes) is 11. The summed E-state index contributed by atoms with van der Waals surface area (Å²) >= 11 is 0. The van der Waals surface area contributed by atoms with Crippen LogP contribution in [0.3, 0.4) is 0 Å². The molecule has 0 radical (unpaired) electrons. The van der Waals surface area contributed by atoms with Crippen LogP contribution < -0.4 is 0 Å². The Morgan fingerprint density at radius 3 is 1.58 bits per heavy atom. The number of aliphatic hydroxyl groups excluding tert-OH is 1. The van der Waals surface area contributed by atoms with E-state index in [1.54, 1.807) is 0 Å². The van der Waals surface area contributed by atoms with Gasteiger partial charge in [0, 0.05) is 12.8 Å². The number of rotatable bonds is 41. The molecule has 1 saturated heterocycles. The van der Waals surface area contributed by atoms with Crippen molar-refractivity contribution in [2.45, 2.75) is 180 Å². The van der Waals surface area contributed by atoms with Gasteiger partial charge in [0.05, 0.1) is 32.0 Å². The monoisotopic (exact) mass is 916 g/mol. The molecule has 356 valence electrons. The zero-order chi connectivity index (χ0) is 45.6. The van der Waals surface area contributed by atoms with Gasteiger partial charge < -0.3 is 34.0 Å². The lowest BCUT2D eigenvalue weighted by molar-refractivity contribution is -0.161. The fraction of sp³-hybridized carbons (Fsp3) is 0.696. The summed E-state index contributed by atoms with van der Waals surface area (Å²) in [5.74, 6) is -1.14. The van der Waals surface area contributed by atoms with Crippen LogP contribution in [0.15, 0.2) is 72.9 Å². The molecular formula is C46H78O14P2. The maximum Gasteiger partial charge on any atom is 0.472 e. The summed E-state index contributed by atoms with van der Waals surface area (Å²) in [5, 5.41) is 9.76. The molecule has 0 aliphatic carbocycles. The SMILES string of the molecule is CCCCC/C=C\C/C=C\C/C=C\CCCCCCC(=O)OC[C@H](COP(=O)(O)OC[C@@H](O)COP(=O)(O)O)OC(=O)CCC/C=C\CC1OC1C/C=C\C/C=C\CCCCC. The van der Waals surface area contributed by atoms with Gasteiger partial charge >= 0.3 is 27.6 Å². The topological polar surface area (TPSA) is 208 Å². The maximum atomic E-state index is 12.7. The number of ether oxygens (including phenoxy) is 3. The first-order valence-corrected chi connectivity index (χ1v) is 25.8. The van der Waals surface area contributed by atoms with Crippen molar-refractivity contribution in [1.29, 1.82) is 0 Å². The van der Waals surface area contributed by atoms with Crippen LogP contribution in [0, 0.1) is 0 Å². The van der Waals surface area contributed by atoms with Gasteiger partial charge in [-0.3, -0.25) is 23.2 Å². The summed E-state index contributed by atoms with van der Waals surface area (Å²) < 4.78 is 53.5. The molecule has 0 aromatic carbocycles. The third-order valence-electron chi connectivity index (χ3n) is 9.46. The van der Waals surface area contributed by atoms with E-state index in [4.69, 9.17) is 28.5 Å². The Morgan fingerprint density at radius 1 is 0.548 bits per heavy atom. The molecule has 0 amide bonds. The first-order chi connectivity index (χ1) is 29.8. The average Bonchev–Trinajstić information content (AvgIpc) is 3.99. The summed E-state index contributed by atoms with van der Waals surface area (Å²) in [4.78, 5) is 52.8. The van der Waals surface area contributed by atoms with Crippen molar-refractivity contribution >= 4 is 27.6 Å². The van der Waals surface area contributed by atoms with Crippen LogP contribution in [0.5, 0.6) is 0 Å². The van der Waals surface area contributed by atoms with Crippen LogP contribution in [0.25, 0.3) is 0 Å². The number of hydrogen-bond donors (Lipinski definition) is 4. The highest BCUT2D eigenvalue weighted by Gasteiger charge is 2.36. The van der Waals surface area contributed by atoms with Crippen molar-refractivity contribution in [3.63, 3.8) is 0 Å². The minimum absolute atomic E-state index is 0.0387. The Kier molecular flexibility index (Phi) is 35.1. The van der Waals surface area contributed by atoms with Crippen LogP contribution in [0.1, 0.15) is 155 Å². The minimum Gasteiger partial charge on any atom is -0.462 e. The van der Waals surface area contributed by atoms with E-state index in [9.17, 15) is 28.7 Å². The zero-order valence-electron chi connectivity index (χ0n) is 37.4. The smallest absolute Gasteiger partial charge is 0.462 e. The summed E-state index contributed by atoms with van der Waals surface area (Å²) in [6.45, 7) is 1.59. The van der Waals surface area contributed by atoms with Crippen molar-refractivity contribution in [3.8, 4) is 0 Å². The third kappa shape index (κ3) is 38.0. The molecule has 1 aliphatic heterocycles. The number of phosphoric ester groups is 2. The molecule has 3 unspecified atom stereocenters. The van der Waals surface area contributed by atoms with E-state index >= 15 is 0 Å². The molecule has 0 spiro atoms. The standard InChI is InChI=1S/C46H78O14P2/c1-3-5-7-9-11-13-14-15-16-17-18-19-20-22-24-26-31-35-45(48)55-39-42(40-58-62(53,54)57-38-41(47)37-56-61(50,51)52)59-46(49)36-32-28-27-30-34-44-43(60-44)33-29-25-23-21-12-10-8-6-4-2/h11-13,15-16,18-19,21,25,27,29-30,41-44,47H,3-10,14,17,20,22-24,26,28,31-40H2,1-2H3,(H,53,54)(H2,50,51,52)/b13-11-,16-15-,19-18-,21-12-,29-25-,30-27-/t41-,42+,43?,44?/m0/s1. The first-order valence-electron chi connectivity index (χ1n) is 22.8. The Balaban J connectivity index is 2.42. The number of phosphoric acid groups is 2. The number of epoxide rings is 1. The highest BCUT2D eigenvalue weighted by molar-refractivity contribution is 7.47. The molecule has 1 aliphatic rings. The van der Waals surface area contributed by atoms with E-state index in [0.29, 0.717) is 19.3 Å². The number of esters is 2. The molecule has 14 nitrogen and oxygen atoms in total. The van der Waals surface area contributed by atoms with Crippen LogP contribution in [0.4, 0.5) is 0 Å². The second-order valence-corrected chi connectivity index (χ2v) is 18.0. The van der Waals surface area contributed by atoms with Crippen molar-refractivity contribution in [3.05, 3.63) is 72.9 Å². The minimum atomic E-state index is -4.88. The predicted molar refractivity (Wildman–Crippen MR) is 243 cm³/mol. The quantitative estimate of drug-likeness (QED) is 0.0148. The van der Waals surface area contributed by atoms with Crippen LogP contribution in [-0.2, 0) is 46.5 Å². The summed E-state index contributed by atoms with van der Waals surface area (Å²) in [5.41, 5.74) is 0. The molecule has 0 bridgehead atoms. The second kappa shape index (κ2) is 37.9. The van der Waals surface area contributed by atoms with Crippen LogP contribution >= 0.6 is 15.6 Å². The molecule has 1 fully saturated rings. The molecule has 16 heteroatoms. The van der Waals surface area contributed by atoms with Crippen molar-refractivity contribution in [2.75, 3.05) is 26.4 Å². The van der Waals surface area contributed by atoms with Gasteiger partial charge in [0.1, 0.15) is 12.7 Å². The number of carbonyl (C=O) groups is 2. The van der Waals surface area contributed by atoms with E-state index in [1.165, 1.54) is 38.5 Å².